The summed E-state index contributed by atoms with van der Waals surface area (Å²) in [6, 6.07) is 2.08. The number of piperidine rings is 1. The maximum Gasteiger partial charge on any atom is 0.0644 e. The minimum Gasteiger partial charge on any atom is -0.394 e. The molecule has 17 heavy (non-hydrogen) atoms. The molecule has 0 saturated carbocycles. The van der Waals surface area contributed by atoms with E-state index >= 15 is 0 Å². The molecule has 1 aliphatic rings. The molecule has 2 rings (SSSR count). The van der Waals surface area contributed by atoms with E-state index in [1.807, 2.05) is 10.9 Å². The van der Waals surface area contributed by atoms with Crippen molar-refractivity contribution in [2.45, 2.75) is 25.3 Å². The van der Waals surface area contributed by atoms with Crippen molar-refractivity contribution in [3.05, 3.63) is 18.0 Å². The fourth-order valence-electron chi connectivity index (χ4n) is 2.61. The molecule has 0 spiro atoms. The van der Waals surface area contributed by atoms with Crippen LogP contribution in [-0.2, 0) is 6.54 Å². The Kier molecular flexibility index (Phi) is 4.53. The Balaban J connectivity index is 1.93. The van der Waals surface area contributed by atoms with Gasteiger partial charge in [0.25, 0.3) is 0 Å². The average Bonchev–Trinajstić information content (AvgIpc) is 2.79. The Morgan fingerprint density at radius 3 is 2.76 bits per heavy atom. The van der Waals surface area contributed by atoms with Crippen LogP contribution in [0.25, 0.3) is 0 Å². The van der Waals surface area contributed by atoms with Crippen LogP contribution >= 0.6 is 0 Å². The SMILES string of the molecule is NCCN1CCC(c2ccnn2CCO)CC1. The molecule has 96 valence electrons. The molecular formula is C12H22N4O. The maximum absolute atomic E-state index is 8.99. The predicted octanol–water partition coefficient (Wildman–Crippen LogP) is 0.0135. The second-order valence-corrected chi connectivity index (χ2v) is 4.61. The van der Waals surface area contributed by atoms with Crippen LogP contribution in [0.15, 0.2) is 12.3 Å². The van der Waals surface area contributed by atoms with Crippen molar-refractivity contribution in [1.29, 1.82) is 0 Å². The number of hydrogen-bond acceptors (Lipinski definition) is 4. The average molecular weight is 238 g/mol. The molecule has 0 radical (unpaired) electrons. The van der Waals surface area contributed by atoms with E-state index in [0.717, 1.165) is 39.0 Å². The molecule has 5 nitrogen and oxygen atoms in total. The lowest BCUT2D eigenvalue weighted by Gasteiger charge is -2.31. The molecule has 1 aliphatic heterocycles. The summed E-state index contributed by atoms with van der Waals surface area (Å²) < 4.78 is 1.93. The van der Waals surface area contributed by atoms with Crippen LogP contribution in [0.2, 0.25) is 0 Å². The molecular weight excluding hydrogens is 216 g/mol. The molecule has 3 N–H and O–H groups in total. The number of aliphatic hydroxyl groups excluding tert-OH is 1. The summed E-state index contributed by atoms with van der Waals surface area (Å²) in [7, 11) is 0. The van der Waals surface area contributed by atoms with E-state index in [-0.39, 0.29) is 6.61 Å². The van der Waals surface area contributed by atoms with Crippen LogP contribution in [0, 0.1) is 0 Å². The monoisotopic (exact) mass is 238 g/mol. The van der Waals surface area contributed by atoms with Gasteiger partial charge in [0, 0.05) is 30.9 Å². The first kappa shape index (κ1) is 12.5. The van der Waals surface area contributed by atoms with Gasteiger partial charge in [0.1, 0.15) is 0 Å². The Labute approximate surface area is 102 Å². The number of likely N-dealkylation sites (tertiary alicyclic amines) is 1. The highest BCUT2D eigenvalue weighted by Gasteiger charge is 2.22. The first-order chi connectivity index (χ1) is 8.35. The molecule has 1 saturated heterocycles. The van der Waals surface area contributed by atoms with E-state index < -0.39 is 0 Å². The fourth-order valence-corrected chi connectivity index (χ4v) is 2.61. The van der Waals surface area contributed by atoms with Gasteiger partial charge < -0.3 is 15.7 Å². The van der Waals surface area contributed by atoms with Crippen LogP contribution in [0.5, 0.6) is 0 Å². The van der Waals surface area contributed by atoms with Crippen molar-refractivity contribution in [2.75, 3.05) is 32.8 Å². The van der Waals surface area contributed by atoms with E-state index in [1.165, 1.54) is 5.69 Å². The molecule has 0 bridgehead atoms. The molecule has 0 aliphatic carbocycles. The maximum atomic E-state index is 8.99. The second kappa shape index (κ2) is 6.14. The first-order valence-electron chi connectivity index (χ1n) is 6.40. The Bertz CT molecular complexity index is 331. The number of nitrogens with zero attached hydrogens (tertiary/aromatic N) is 3. The summed E-state index contributed by atoms with van der Waals surface area (Å²) >= 11 is 0. The Morgan fingerprint density at radius 1 is 1.35 bits per heavy atom. The zero-order valence-electron chi connectivity index (χ0n) is 10.3. The van der Waals surface area contributed by atoms with Gasteiger partial charge in [-0.25, -0.2) is 0 Å². The fraction of sp³-hybridized carbons (Fsp3) is 0.750. The standard InChI is InChI=1S/C12H22N4O/c13-4-8-15-6-2-11(3-7-15)12-1-5-14-16(12)9-10-17/h1,5,11,17H,2-4,6-10,13H2. The number of hydrogen-bond donors (Lipinski definition) is 2. The van der Waals surface area contributed by atoms with E-state index in [9.17, 15) is 0 Å². The summed E-state index contributed by atoms with van der Waals surface area (Å²) in [5.41, 5.74) is 6.84. The second-order valence-electron chi connectivity index (χ2n) is 4.61. The van der Waals surface area contributed by atoms with Gasteiger partial charge in [0.05, 0.1) is 13.2 Å². The van der Waals surface area contributed by atoms with Crippen molar-refractivity contribution in [3.63, 3.8) is 0 Å². The topological polar surface area (TPSA) is 67.3 Å². The van der Waals surface area contributed by atoms with Crippen molar-refractivity contribution in [1.82, 2.24) is 14.7 Å². The predicted molar refractivity (Wildman–Crippen MR) is 66.8 cm³/mol. The number of nitrogens with two attached hydrogens (primary N) is 1. The van der Waals surface area contributed by atoms with Crippen molar-refractivity contribution >= 4 is 0 Å². The Morgan fingerprint density at radius 2 is 2.12 bits per heavy atom. The zero-order valence-corrected chi connectivity index (χ0v) is 10.3. The highest BCUT2D eigenvalue weighted by molar-refractivity contribution is 5.09. The van der Waals surface area contributed by atoms with Crippen molar-refractivity contribution in [2.24, 2.45) is 5.73 Å². The highest BCUT2D eigenvalue weighted by atomic mass is 16.3. The van der Waals surface area contributed by atoms with E-state index in [2.05, 4.69) is 16.1 Å². The third-order valence-electron chi connectivity index (χ3n) is 3.51. The number of aliphatic hydroxyl groups is 1. The van der Waals surface area contributed by atoms with Crippen LogP contribution < -0.4 is 5.73 Å². The van der Waals surface area contributed by atoms with E-state index in [0.29, 0.717) is 12.5 Å². The smallest absolute Gasteiger partial charge is 0.0644 e. The molecule has 0 aromatic carbocycles. The molecule has 0 amide bonds. The third-order valence-corrected chi connectivity index (χ3v) is 3.51. The molecule has 0 atom stereocenters. The van der Waals surface area contributed by atoms with Gasteiger partial charge in [0.15, 0.2) is 0 Å². The third kappa shape index (κ3) is 3.06. The van der Waals surface area contributed by atoms with Gasteiger partial charge >= 0.3 is 0 Å². The lowest BCUT2D eigenvalue weighted by molar-refractivity contribution is 0.210. The van der Waals surface area contributed by atoms with Gasteiger partial charge in [-0.1, -0.05) is 0 Å². The van der Waals surface area contributed by atoms with Crippen LogP contribution in [0.4, 0.5) is 0 Å². The van der Waals surface area contributed by atoms with Crippen LogP contribution in [0.1, 0.15) is 24.5 Å². The summed E-state index contributed by atoms with van der Waals surface area (Å²) in [6.45, 7) is 4.74. The van der Waals surface area contributed by atoms with E-state index in [1.54, 1.807) is 0 Å². The number of aromatic nitrogens is 2. The molecule has 2 heterocycles. The lowest BCUT2D eigenvalue weighted by atomic mass is 9.93. The van der Waals surface area contributed by atoms with Gasteiger partial charge in [-0.3, -0.25) is 4.68 Å². The van der Waals surface area contributed by atoms with Crippen LogP contribution in [0.3, 0.4) is 0 Å². The highest BCUT2D eigenvalue weighted by Crippen LogP contribution is 2.27. The molecule has 0 unspecified atom stereocenters. The summed E-state index contributed by atoms with van der Waals surface area (Å²) in [5, 5.41) is 13.2. The van der Waals surface area contributed by atoms with Crippen LogP contribution in [-0.4, -0.2) is 52.6 Å². The normalized spacial score (nSPS) is 18.7. The van der Waals surface area contributed by atoms with Crippen molar-refractivity contribution < 1.29 is 5.11 Å². The molecule has 5 heteroatoms. The quantitative estimate of drug-likeness (QED) is 0.758. The van der Waals surface area contributed by atoms with Crippen molar-refractivity contribution in [3.8, 4) is 0 Å². The first-order valence-corrected chi connectivity index (χ1v) is 6.40. The minimum atomic E-state index is 0.153. The summed E-state index contributed by atoms with van der Waals surface area (Å²) in [5.74, 6) is 0.582. The van der Waals surface area contributed by atoms with Gasteiger partial charge in [-0.05, 0) is 32.0 Å². The summed E-state index contributed by atoms with van der Waals surface area (Å²) in [6.07, 6.45) is 4.16. The Hall–Kier alpha value is -0.910. The molecule has 1 aromatic heterocycles. The van der Waals surface area contributed by atoms with Gasteiger partial charge in [-0.15, -0.1) is 0 Å². The van der Waals surface area contributed by atoms with Gasteiger partial charge in [0.2, 0.25) is 0 Å². The largest absolute Gasteiger partial charge is 0.394 e. The molecule has 1 fully saturated rings. The molecule has 1 aromatic rings. The number of rotatable bonds is 5. The van der Waals surface area contributed by atoms with Gasteiger partial charge in [-0.2, -0.15) is 5.10 Å². The lowest BCUT2D eigenvalue weighted by Crippen LogP contribution is -2.36. The van der Waals surface area contributed by atoms with E-state index in [4.69, 9.17) is 10.8 Å². The summed E-state index contributed by atoms with van der Waals surface area (Å²) in [4.78, 5) is 2.42. The zero-order chi connectivity index (χ0) is 12.1. The minimum absolute atomic E-state index is 0.153.